The SMILES string of the molecule is O=C(c1cccc(NCc2cc3ccccn3n2)c1)N1CCOCC1. The normalized spacial score (nSPS) is 14.6. The zero-order valence-corrected chi connectivity index (χ0v) is 13.9. The number of fused-ring (bicyclic) bond motifs is 1. The highest BCUT2D eigenvalue weighted by molar-refractivity contribution is 5.95. The van der Waals surface area contributed by atoms with Crippen LogP contribution in [-0.2, 0) is 11.3 Å². The van der Waals surface area contributed by atoms with Gasteiger partial charge < -0.3 is 15.0 Å². The number of nitrogens with zero attached hydrogens (tertiary/aromatic N) is 3. The number of carbonyl (C=O) groups is 1. The van der Waals surface area contributed by atoms with Gasteiger partial charge >= 0.3 is 0 Å². The number of aromatic nitrogens is 2. The van der Waals surface area contributed by atoms with Crippen LogP contribution in [0.1, 0.15) is 16.1 Å². The molecule has 1 aliphatic heterocycles. The number of hydrogen-bond acceptors (Lipinski definition) is 4. The molecule has 0 aliphatic carbocycles. The van der Waals surface area contributed by atoms with Crippen molar-refractivity contribution in [1.29, 1.82) is 0 Å². The minimum atomic E-state index is 0.0553. The molecule has 128 valence electrons. The van der Waals surface area contributed by atoms with Crippen LogP contribution in [0.4, 0.5) is 5.69 Å². The Morgan fingerprint density at radius 2 is 2.00 bits per heavy atom. The highest BCUT2D eigenvalue weighted by Crippen LogP contribution is 2.15. The van der Waals surface area contributed by atoms with E-state index in [1.165, 1.54) is 0 Å². The third-order valence-corrected chi connectivity index (χ3v) is 4.30. The van der Waals surface area contributed by atoms with E-state index in [4.69, 9.17) is 4.74 Å². The maximum Gasteiger partial charge on any atom is 0.254 e. The van der Waals surface area contributed by atoms with E-state index in [2.05, 4.69) is 16.5 Å². The summed E-state index contributed by atoms with van der Waals surface area (Å²) in [5.74, 6) is 0.0553. The quantitative estimate of drug-likeness (QED) is 0.795. The van der Waals surface area contributed by atoms with Crippen molar-refractivity contribution in [2.45, 2.75) is 6.54 Å². The van der Waals surface area contributed by atoms with Gasteiger partial charge in [0, 0.05) is 30.5 Å². The summed E-state index contributed by atoms with van der Waals surface area (Å²) in [6, 6.07) is 15.6. The Labute approximate surface area is 146 Å². The summed E-state index contributed by atoms with van der Waals surface area (Å²) in [6.07, 6.45) is 1.93. The molecule has 25 heavy (non-hydrogen) atoms. The fourth-order valence-electron chi connectivity index (χ4n) is 2.98. The Balaban J connectivity index is 1.44. The number of ether oxygens (including phenoxy) is 1. The lowest BCUT2D eigenvalue weighted by atomic mass is 10.1. The Hall–Kier alpha value is -2.86. The van der Waals surface area contributed by atoms with Crippen molar-refractivity contribution in [1.82, 2.24) is 14.5 Å². The molecule has 1 saturated heterocycles. The van der Waals surface area contributed by atoms with E-state index in [-0.39, 0.29) is 5.91 Å². The molecule has 0 saturated carbocycles. The topological polar surface area (TPSA) is 58.9 Å². The lowest BCUT2D eigenvalue weighted by molar-refractivity contribution is 0.0303. The first kappa shape index (κ1) is 15.7. The van der Waals surface area contributed by atoms with E-state index in [0.29, 0.717) is 38.4 Å². The molecule has 0 spiro atoms. The molecule has 1 aromatic carbocycles. The number of carbonyl (C=O) groups excluding carboxylic acids is 1. The highest BCUT2D eigenvalue weighted by Gasteiger charge is 2.18. The summed E-state index contributed by atoms with van der Waals surface area (Å²) in [7, 11) is 0. The molecular formula is C19H20N4O2. The highest BCUT2D eigenvalue weighted by atomic mass is 16.5. The van der Waals surface area contributed by atoms with Gasteiger partial charge in [-0.1, -0.05) is 12.1 Å². The Kier molecular flexibility index (Phi) is 4.35. The monoisotopic (exact) mass is 336 g/mol. The molecule has 1 fully saturated rings. The van der Waals surface area contributed by atoms with Gasteiger partial charge in [-0.05, 0) is 36.4 Å². The number of pyridine rings is 1. The fourth-order valence-corrected chi connectivity index (χ4v) is 2.98. The maximum absolute atomic E-state index is 12.6. The van der Waals surface area contributed by atoms with Gasteiger partial charge in [-0.15, -0.1) is 0 Å². The standard InChI is InChI=1S/C19H20N4O2/c24-19(22-8-10-25-11-9-22)15-4-3-5-16(12-15)20-14-17-13-18-6-1-2-7-23(18)21-17/h1-7,12-13,20H,8-11,14H2. The molecule has 4 rings (SSSR count). The van der Waals surface area contributed by atoms with E-state index >= 15 is 0 Å². The van der Waals surface area contributed by atoms with Gasteiger partial charge in [0.1, 0.15) is 0 Å². The summed E-state index contributed by atoms with van der Waals surface area (Å²) < 4.78 is 7.16. The number of hydrogen-bond donors (Lipinski definition) is 1. The van der Waals surface area contributed by atoms with Crippen LogP contribution in [0.3, 0.4) is 0 Å². The van der Waals surface area contributed by atoms with Crippen LogP contribution >= 0.6 is 0 Å². The van der Waals surface area contributed by atoms with Gasteiger partial charge in [0.05, 0.1) is 31.0 Å². The molecule has 6 nitrogen and oxygen atoms in total. The lowest BCUT2D eigenvalue weighted by Gasteiger charge is -2.27. The molecule has 3 aromatic rings. The molecular weight excluding hydrogens is 316 g/mol. The molecule has 0 atom stereocenters. The Morgan fingerprint density at radius 3 is 2.84 bits per heavy atom. The van der Waals surface area contributed by atoms with Crippen LogP contribution in [0.25, 0.3) is 5.52 Å². The number of anilines is 1. The predicted molar refractivity (Wildman–Crippen MR) is 95.7 cm³/mol. The van der Waals surface area contributed by atoms with Crippen molar-refractivity contribution in [2.75, 3.05) is 31.6 Å². The molecule has 1 N–H and O–H groups in total. The zero-order valence-electron chi connectivity index (χ0n) is 13.9. The van der Waals surface area contributed by atoms with E-state index in [1.54, 1.807) is 0 Å². The van der Waals surface area contributed by atoms with Gasteiger partial charge in [-0.25, -0.2) is 4.52 Å². The van der Waals surface area contributed by atoms with Crippen LogP contribution in [0, 0.1) is 0 Å². The largest absolute Gasteiger partial charge is 0.379 e. The van der Waals surface area contributed by atoms with E-state index in [1.807, 2.05) is 58.1 Å². The number of amides is 1. The van der Waals surface area contributed by atoms with E-state index in [0.717, 1.165) is 16.9 Å². The van der Waals surface area contributed by atoms with Crippen LogP contribution in [0.5, 0.6) is 0 Å². The predicted octanol–water partition coefficient (Wildman–Crippen LogP) is 2.42. The maximum atomic E-state index is 12.6. The number of benzene rings is 1. The first-order valence-electron chi connectivity index (χ1n) is 8.44. The van der Waals surface area contributed by atoms with Gasteiger partial charge in [-0.3, -0.25) is 4.79 Å². The molecule has 1 amide bonds. The van der Waals surface area contributed by atoms with E-state index in [9.17, 15) is 4.79 Å². The van der Waals surface area contributed by atoms with Gasteiger partial charge in [0.15, 0.2) is 0 Å². The van der Waals surface area contributed by atoms with Crippen molar-refractivity contribution < 1.29 is 9.53 Å². The summed E-state index contributed by atoms with van der Waals surface area (Å²) in [5.41, 5.74) is 3.63. The third-order valence-electron chi connectivity index (χ3n) is 4.30. The second-order valence-electron chi connectivity index (χ2n) is 6.04. The number of morpholine rings is 1. The fraction of sp³-hybridized carbons (Fsp3) is 0.263. The number of rotatable bonds is 4. The molecule has 0 bridgehead atoms. The smallest absolute Gasteiger partial charge is 0.254 e. The van der Waals surface area contributed by atoms with Crippen LogP contribution in [-0.4, -0.2) is 46.7 Å². The summed E-state index contributed by atoms with van der Waals surface area (Å²) in [5, 5.41) is 7.87. The summed E-state index contributed by atoms with van der Waals surface area (Å²) in [4.78, 5) is 14.4. The van der Waals surface area contributed by atoms with Crippen molar-refractivity contribution in [3.63, 3.8) is 0 Å². The minimum absolute atomic E-state index is 0.0553. The minimum Gasteiger partial charge on any atom is -0.379 e. The van der Waals surface area contributed by atoms with Crippen molar-refractivity contribution in [3.8, 4) is 0 Å². The Morgan fingerprint density at radius 1 is 1.12 bits per heavy atom. The molecule has 1 aliphatic rings. The van der Waals surface area contributed by atoms with Gasteiger partial charge in [0.25, 0.3) is 5.91 Å². The van der Waals surface area contributed by atoms with Gasteiger partial charge in [-0.2, -0.15) is 5.10 Å². The molecule has 3 heterocycles. The molecule has 0 radical (unpaired) electrons. The average molecular weight is 336 g/mol. The van der Waals surface area contributed by atoms with Crippen molar-refractivity contribution >= 4 is 17.1 Å². The first-order valence-corrected chi connectivity index (χ1v) is 8.44. The number of nitrogens with one attached hydrogen (secondary N) is 1. The van der Waals surface area contributed by atoms with Crippen LogP contribution in [0.15, 0.2) is 54.7 Å². The lowest BCUT2D eigenvalue weighted by Crippen LogP contribution is -2.40. The second kappa shape index (κ2) is 6.94. The third kappa shape index (κ3) is 3.49. The van der Waals surface area contributed by atoms with Crippen LogP contribution in [0.2, 0.25) is 0 Å². The second-order valence-corrected chi connectivity index (χ2v) is 6.04. The Bertz CT molecular complexity index is 851. The van der Waals surface area contributed by atoms with E-state index < -0.39 is 0 Å². The average Bonchev–Trinajstić information content (AvgIpc) is 3.10. The summed E-state index contributed by atoms with van der Waals surface area (Å²) >= 11 is 0. The van der Waals surface area contributed by atoms with Gasteiger partial charge in [0.2, 0.25) is 0 Å². The molecule has 2 aromatic heterocycles. The van der Waals surface area contributed by atoms with Crippen molar-refractivity contribution in [3.05, 3.63) is 66.0 Å². The zero-order chi connectivity index (χ0) is 17.1. The molecule has 0 unspecified atom stereocenters. The summed E-state index contributed by atoms with van der Waals surface area (Å²) in [6.45, 7) is 3.13. The van der Waals surface area contributed by atoms with Crippen LogP contribution < -0.4 is 5.32 Å². The van der Waals surface area contributed by atoms with Crippen molar-refractivity contribution in [2.24, 2.45) is 0 Å². The first-order chi connectivity index (χ1) is 12.3. The molecule has 6 heteroatoms.